The fourth-order valence-corrected chi connectivity index (χ4v) is 27.9. The second-order valence-corrected chi connectivity index (χ2v) is 39.4. The van der Waals surface area contributed by atoms with Crippen molar-refractivity contribution in [2.75, 3.05) is 9.80 Å². The van der Waals surface area contributed by atoms with Gasteiger partial charge < -0.3 is 19.3 Å². The van der Waals surface area contributed by atoms with Gasteiger partial charge in [-0.15, -0.1) is 0 Å². The van der Waals surface area contributed by atoms with Crippen molar-refractivity contribution in [3.05, 3.63) is 586 Å². The van der Waals surface area contributed by atoms with Gasteiger partial charge in [-0.05, 0) is 243 Å². The Morgan fingerprint density at radius 1 is 0.167 bits per heavy atom. The average molecular weight is 1790 g/mol. The highest BCUT2D eigenvalue weighted by atomic mass is 32.2. The lowest BCUT2D eigenvalue weighted by Gasteiger charge is -2.40. The smallest absolute Gasteiger partial charge is 0.132 e. The topological polar surface area (TPSA) is 24.9 Å². The van der Waals surface area contributed by atoms with E-state index in [1.54, 1.807) is 0 Å². The fraction of sp³-hybridized carbons (Fsp3) is 0.0303. The van der Waals surface area contributed by atoms with Gasteiger partial charge in [0.1, 0.15) is 23.0 Å². The first kappa shape index (κ1) is 78.7. The van der Waals surface area contributed by atoms with Gasteiger partial charge in [-0.1, -0.05) is 406 Å². The number of hydrogen-bond donors (Lipinski definition) is 0. The minimum Gasteiger partial charge on any atom is -0.457 e. The van der Waals surface area contributed by atoms with Crippen LogP contribution in [0.3, 0.4) is 0 Å². The third-order valence-corrected chi connectivity index (χ3v) is 33.1. The molecule has 22 aromatic rings. The molecule has 4 aliphatic heterocycles. The lowest BCUT2D eigenvalue weighted by Crippen LogP contribution is -2.32. The molecular weight excluding hydrogens is 1710 g/mol. The van der Waals surface area contributed by atoms with Crippen molar-refractivity contribution in [1.29, 1.82) is 0 Å². The molecule has 0 N–H and O–H groups in total. The zero-order valence-corrected chi connectivity index (χ0v) is 76.5. The molecule has 4 aliphatic carbocycles. The average Bonchev–Trinajstić information content (AvgIpc) is 1.52. The maximum atomic E-state index is 6.76. The van der Waals surface area contributed by atoms with Gasteiger partial charge in [0.25, 0.3) is 0 Å². The van der Waals surface area contributed by atoms with E-state index in [2.05, 4.69) is 507 Å². The van der Waals surface area contributed by atoms with Crippen LogP contribution in [-0.4, -0.2) is 0 Å². The van der Waals surface area contributed by atoms with Gasteiger partial charge in [-0.25, -0.2) is 0 Å². The summed E-state index contributed by atoms with van der Waals surface area (Å²) in [4.78, 5) is 10.3. The first-order valence-corrected chi connectivity index (χ1v) is 49.3. The van der Waals surface area contributed by atoms with E-state index in [9.17, 15) is 0 Å². The fourth-order valence-electron chi connectivity index (χ4n) is 25.5. The standard InChI is InChI=1S/2C66H41NOS/c1-2-20-42(21-3-1)44-23-6-13-33-57(44)67(59-35-19-32-55-64(59)46-25-5-8-27-50(46)65(55)51-28-9-14-36-60(51)68-61-37-15-10-29-52(61)65)58-34-18-22-43-40-48-45-24-4-7-26-49(45)66(56(48)41-47(43)58)53-30-11-16-38-62(53)69-63-39-17-12-31-54(63)66;1-2-19-42(20-3-1)46-21-6-13-31-58(46)67(59-32-18-30-56-64(59)48-23-5-8-25-51(48)65(56)52-26-9-14-33-60(52)68-61-34-15-10-27-53(61)65)45-38-37-43-40-49-47-22-4-7-24-50(47)66(57(49)41-44(43)39-45)54-28-11-16-35-62(54)69-63-36-17-12-29-55(63)66/h2*1-41H. The Morgan fingerprint density at radius 2 is 0.471 bits per heavy atom. The second-order valence-electron chi connectivity index (χ2n) is 37.2. The zero-order valence-electron chi connectivity index (χ0n) is 74.9. The molecule has 30 rings (SSSR count). The molecule has 644 valence electrons. The van der Waals surface area contributed by atoms with Gasteiger partial charge in [0.05, 0.1) is 50.1 Å². The van der Waals surface area contributed by atoms with E-state index in [-0.39, 0.29) is 0 Å². The molecule has 0 saturated heterocycles. The number of para-hydroxylation sites is 6. The highest BCUT2D eigenvalue weighted by molar-refractivity contribution is 7.99. The Bertz CT molecular complexity index is 8740. The Hall–Kier alpha value is -16.7. The minimum atomic E-state index is -0.616. The lowest BCUT2D eigenvalue weighted by molar-refractivity contribution is 0.436. The first-order chi connectivity index (χ1) is 68.5. The van der Waals surface area contributed by atoms with Crippen LogP contribution in [0.2, 0.25) is 0 Å². The molecule has 4 heterocycles. The molecule has 0 fully saturated rings. The predicted octanol–water partition coefficient (Wildman–Crippen LogP) is 34.5. The summed E-state index contributed by atoms with van der Waals surface area (Å²) in [5.41, 5.74) is 39.5. The minimum absolute atomic E-state index is 0.470. The molecule has 0 aromatic heterocycles. The summed E-state index contributed by atoms with van der Waals surface area (Å²) >= 11 is 3.78. The summed E-state index contributed by atoms with van der Waals surface area (Å²) < 4.78 is 13.5. The molecule has 4 nitrogen and oxygen atoms in total. The van der Waals surface area contributed by atoms with Gasteiger partial charge in [0.2, 0.25) is 0 Å². The Morgan fingerprint density at radius 3 is 0.913 bits per heavy atom. The molecule has 0 radical (unpaired) electrons. The molecule has 22 aromatic carbocycles. The Labute approximate surface area is 809 Å². The van der Waals surface area contributed by atoms with Crippen molar-refractivity contribution >= 4 is 79.2 Å². The highest BCUT2D eigenvalue weighted by Gasteiger charge is 2.57. The molecule has 4 spiro atoms. The maximum absolute atomic E-state index is 6.76. The van der Waals surface area contributed by atoms with Crippen molar-refractivity contribution in [3.8, 4) is 89.8 Å². The van der Waals surface area contributed by atoms with E-state index in [1.165, 1.54) is 164 Å². The van der Waals surface area contributed by atoms with Crippen LogP contribution >= 0.6 is 23.5 Å². The SMILES string of the molecule is c1ccc(-c2ccccc2N(c2ccc3cc4c(cc3c2)C2(c3ccccc3Sc3ccccc32)c2ccccc2-4)c2cccc3c2-c2ccccc2C32c3ccccc3Oc3ccccc32)cc1.c1ccc(-c2ccccc2N(c2cccc3c2-c2ccccc2C32c3ccccc3Oc3ccccc32)c2cccc3cc4c(cc23)C2(c3ccccc3Sc3ccccc32)c2ccccc2-4)cc1. The number of benzene rings is 22. The molecular formula is C132H82N2O2S2. The van der Waals surface area contributed by atoms with E-state index in [0.717, 1.165) is 90.5 Å². The zero-order chi connectivity index (χ0) is 90.5. The van der Waals surface area contributed by atoms with Gasteiger partial charge >= 0.3 is 0 Å². The first-order valence-electron chi connectivity index (χ1n) is 47.7. The normalized spacial score (nSPS) is 14.4. The number of ether oxygens (including phenoxy) is 2. The second kappa shape index (κ2) is 30.4. The predicted molar refractivity (Wildman–Crippen MR) is 566 cm³/mol. The van der Waals surface area contributed by atoms with Crippen LogP contribution in [0.4, 0.5) is 34.1 Å². The number of nitrogens with zero attached hydrogens (tertiary/aromatic N) is 2. The van der Waals surface area contributed by atoms with Crippen LogP contribution in [-0.2, 0) is 21.7 Å². The third kappa shape index (κ3) is 10.8. The van der Waals surface area contributed by atoms with Crippen molar-refractivity contribution < 1.29 is 9.47 Å². The van der Waals surface area contributed by atoms with Crippen molar-refractivity contribution in [1.82, 2.24) is 0 Å². The molecule has 0 bridgehead atoms. The van der Waals surface area contributed by atoms with Crippen molar-refractivity contribution in [2.24, 2.45) is 0 Å². The molecule has 8 aliphatic rings. The van der Waals surface area contributed by atoms with Crippen LogP contribution in [0.25, 0.3) is 88.3 Å². The quantitative estimate of drug-likeness (QED) is 0.150. The molecule has 6 heteroatoms. The molecule has 0 atom stereocenters. The van der Waals surface area contributed by atoms with Crippen LogP contribution < -0.4 is 19.3 Å². The van der Waals surface area contributed by atoms with E-state index in [1.807, 2.05) is 23.5 Å². The van der Waals surface area contributed by atoms with Crippen LogP contribution in [0.1, 0.15) is 89.0 Å². The van der Waals surface area contributed by atoms with Crippen LogP contribution in [0.15, 0.2) is 517 Å². The van der Waals surface area contributed by atoms with Gasteiger partial charge in [-0.2, -0.15) is 0 Å². The summed E-state index contributed by atoms with van der Waals surface area (Å²) in [5.74, 6) is 3.55. The molecule has 0 unspecified atom stereocenters. The summed E-state index contributed by atoms with van der Waals surface area (Å²) in [5, 5.41) is 4.81. The molecule has 0 amide bonds. The highest BCUT2D eigenvalue weighted by Crippen LogP contribution is 2.70. The summed E-state index contributed by atoms with van der Waals surface area (Å²) in [6, 6.07) is 185. The summed E-state index contributed by atoms with van der Waals surface area (Å²) in [7, 11) is 0. The lowest BCUT2D eigenvalue weighted by atomic mass is 9.66. The number of rotatable bonds is 8. The number of anilines is 6. The van der Waals surface area contributed by atoms with Crippen molar-refractivity contribution in [2.45, 2.75) is 41.2 Å². The molecule has 0 saturated carbocycles. The van der Waals surface area contributed by atoms with Crippen molar-refractivity contribution in [3.63, 3.8) is 0 Å². The van der Waals surface area contributed by atoms with Gasteiger partial charge in [-0.3, -0.25) is 0 Å². The maximum Gasteiger partial charge on any atom is 0.132 e. The van der Waals surface area contributed by atoms with Gasteiger partial charge in [0, 0.05) is 75.2 Å². The number of fused-ring (bicyclic) bond motifs is 38. The monoisotopic (exact) mass is 1790 g/mol. The van der Waals surface area contributed by atoms with E-state index >= 15 is 0 Å². The Kier molecular flexibility index (Phi) is 17.3. The van der Waals surface area contributed by atoms with E-state index in [0.29, 0.717) is 0 Å². The van der Waals surface area contributed by atoms with Crippen LogP contribution in [0, 0.1) is 0 Å². The summed E-state index contributed by atoms with van der Waals surface area (Å²) in [6.07, 6.45) is 0. The van der Waals surface area contributed by atoms with Gasteiger partial charge in [0.15, 0.2) is 0 Å². The largest absolute Gasteiger partial charge is 0.457 e. The number of hydrogen-bond acceptors (Lipinski definition) is 6. The van der Waals surface area contributed by atoms with Crippen LogP contribution in [0.5, 0.6) is 23.0 Å². The summed E-state index contributed by atoms with van der Waals surface area (Å²) in [6.45, 7) is 0. The van der Waals surface area contributed by atoms with E-state index < -0.39 is 21.7 Å². The third-order valence-electron chi connectivity index (χ3n) is 30.7. The van der Waals surface area contributed by atoms with E-state index in [4.69, 9.17) is 9.47 Å². The Balaban J connectivity index is 0.000000133. The molecule has 138 heavy (non-hydrogen) atoms.